The van der Waals surface area contributed by atoms with Crippen LogP contribution in [0.15, 0.2) is 10.2 Å². The van der Waals surface area contributed by atoms with E-state index in [1.165, 1.54) is 24.4 Å². The van der Waals surface area contributed by atoms with Gasteiger partial charge in [-0.1, -0.05) is 0 Å². The van der Waals surface area contributed by atoms with Crippen molar-refractivity contribution in [1.29, 1.82) is 0 Å². The first-order valence-corrected chi connectivity index (χ1v) is 8.85. The van der Waals surface area contributed by atoms with Gasteiger partial charge in [0.1, 0.15) is 0 Å². The van der Waals surface area contributed by atoms with Gasteiger partial charge in [-0.15, -0.1) is 0 Å². The molecule has 0 fully saturated rings. The molecule has 0 aliphatic carbocycles. The second kappa shape index (κ2) is 6.70. The molecule has 0 aliphatic heterocycles. The molecule has 0 aromatic carbocycles. The van der Waals surface area contributed by atoms with Gasteiger partial charge in [-0.25, -0.2) is 0 Å². The third-order valence-electron chi connectivity index (χ3n) is 1.56. The number of esters is 1. The van der Waals surface area contributed by atoms with Gasteiger partial charge in [-0.3, -0.25) is 0 Å². The molecule has 0 atom stereocenters. The van der Waals surface area contributed by atoms with Crippen molar-refractivity contribution in [3.05, 3.63) is 10.2 Å². The van der Waals surface area contributed by atoms with Crippen LogP contribution in [0.1, 0.15) is 19.8 Å². The molecule has 0 saturated heterocycles. The van der Waals surface area contributed by atoms with Crippen molar-refractivity contribution in [3.8, 4) is 0 Å². The first kappa shape index (κ1) is 11.0. The average molecular weight is 263 g/mol. The van der Waals surface area contributed by atoms with Gasteiger partial charge < -0.3 is 0 Å². The van der Waals surface area contributed by atoms with E-state index in [1.54, 1.807) is 0 Å². The van der Waals surface area contributed by atoms with Crippen LogP contribution in [0.25, 0.3) is 0 Å². The van der Waals surface area contributed by atoms with Crippen LogP contribution in [0, 0.1) is 0 Å². The molecule has 2 nitrogen and oxygen atoms in total. The van der Waals surface area contributed by atoms with Crippen LogP contribution in [0.5, 0.6) is 0 Å². The minimum atomic E-state index is -1.00. The summed E-state index contributed by atoms with van der Waals surface area (Å²) in [6.07, 6.45) is 2.46. The molecule has 0 radical (unpaired) electrons. The van der Waals surface area contributed by atoms with Gasteiger partial charge in [0.2, 0.25) is 0 Å². The van der Waals surface area contributed by atoms with Crippen molar-refractivity contribution in [2.75, 3.05) is 7.11 Å². The Labute approximate surface area is 78.2 Å². The normalized spacial score (nSPS) is 10.4. The van der Waals surface area contributed by atoms with Crippen molar-refractivity contribution in [1.82, 2.24) is 0 Å². The van der Waals surface area contributed by atoms with Gasteiger partial charge in [-0.05, 0) is 0 Å². The van der Waals surface area contributed by atoms with Crippen molar-refractivity contribution in [2.24, 2.45) is 0 Å². The molecule has 0 amide bonds. The van der Waals surface area contributed by atoms with Crippen LogP contribution in [0.2, 0.25) is 4.44 Å². The summed E-state index contributed by atoms with van der Waals surface area (Å²) in [5.74, 6) is -0.183. The van der Waals surface area contributed by atoms with E-state index in [-0.39, 0.29) is 5.97 Å². The number of carbonyl (C=O) groups excluding carboxylic acids is 1. The third kappa shape index (κ3) is 5.30. The number of methoxy groups -OCH3 is 1. The van der Waals surface area contributed by atoms with E-state index < -0.39 is 21.1 Å². The fraction of sp³-hybridized carbons (Fsp3) is 0.625. The maximum absolute atomic E-state index is 10.8. The second-order valence-electron chi connectivity index (χ2n) is 2.55. The molecule has 0 bridgehead atoms. The quantitative estimate of drug-likeness (QED) is 0.321. The number of rotatable bonds is 5. The second-order valence-corrected chi connectivity index (χ2v) is 8.43. The Morgan fingerprint density at radius 3 is 2.73 bits per heavy atom. The number of carbonyl (C=O) groups is 1. The zero-order chi connectivity index (χ0) is 8.69. The van der Waals surface area contributed by atoms with E-state index in [2.05, 4.69) is 18.2 Å². The summed E-state index contributed by atoms with van der Waals surface area (Å²) < 4.78 is 6.59. The molecule has 0 saturated carbocycles. The average Bonchev–Trinajstić information content (AvgIpc) is 2.03. The predicted octanol–water partition coefficient (Wildman–Crippen LogP) is 1.06. The Bertz CT molecular complexity index is 143. The summed E-state index contributed by atoms with van der Waals surface area (Å²) in [7, 11) is 1.42. The standard InChI is InChI=1S/C4H5O2.C4H9.Sn.2H/c1-3-4(5)6-2;1-3-4-2;;;/h1H2,2H3;1,3-4H2,2H3;;;. The first-order chi connectivity index (χ1) is 5.22. The molecule has 64 valence electrons. The van der Waals surface area contributed by atoms with Crippen LogP contribution < -0.4 is 0 Å². The number of ether oxygens (including phenoxy) is 1. The van der Waals surface area contributed by atoms with E-state index in [1.807, 2.05) is 0 Å². The molecular formula is C8H16O2Sn. The summed E-state index contributed by atoms with van der Waals surface area (Å²) in [5, 5.41) is 0. The van der Waals surface area contributed by atoms with Gasteiger partial charge >= 0.3 is 78.1 Å². The molecule has 11 heavy (non-hydrogen) atoms. The van der Waals surface area contributed by atoms with Gasteiger partial charge in [-0.2, -0.15) is 0 Å². The van der Waals surface area contributed by atoms with Gasteiger partial charge in [0, 0.05) is 0 Å². The summed E-state index contributed by atoms with van der Waals surface area (Å²) >= 11 is -1.00. The first-order valence-electron chi connectivity index (χ1n) is 3.98. The molecule has 0 aromatic rings. The van der Waals surface area contributed by atoms with Crippen LogP contribution in [-0.2, 0) is 9.53 Å². The Balaban J connectivity index is 3.44. The molecule has 0 aromatic heterocycles. The van der Waals surface area contributed by atoms with E-state index in [0.717, 1.165) is 3.59 Å². The number of hydrogen-bond donors (Lipinski definition) is 0. The Kier molecular flexibility index (Phi) is 6.71. The fourth-order valence-corrected chi connectivity index (χ4v) is 5.19. The van der Waals surface area contributed by atoms with E-state index in [9.17, 15) is 4.79 Å². The number of hydrogen-bond acceptors (Lipinski definition) is 2. The predicted molar refractivity (Wildman–Crippen MR) is 49.4 cm³/mol. The number of unbranched alkanes of at least 4 members (excludes halogenated alkanes) is 1. The Morgan fingerprint density at radius 2 is 2.27 bits per heavy atom. The van der Waals surface area contributed by atoms with Crippen LogP contribution >= 0.6 is 0 Å². The molecule has 0 rings (SSSR count). The molecule has 0 aliphatic rings. The monoisotopic (exact) mass is 264 g/mol. The molecule has 0 spiro atoms. The van der Waals surface area contributed by atoms with Crippen molar-refractivity contribution in [2.45, 2.75) is 24.2 Å². The van der Waals surface area contributed by atoms with Crippen molar-refractivity contribution in [3.63, 3.8) is 0 Å². The van der Waals surface area contributed by atoms with Crippen LogP contribution in [0.3, 0.4) is 0 Å². The van der Waals surface area contributed by atoms with Crippen LogP contribution in [-0.4, -0.2) is 34.2 Å². The Morgan fingerprint density at radius 1 is 1.64 bits per heavy atom. The molecule has 0 N–H and O–H groups in total. The van der Waals surface area contributed by atoms with E-state index >= 15 is 0 Å². The summed E-state index contributed by atoms with van der Waals surface area (Å²) in [5.41, 5.74) is 0. The maximum atomic E-state index is 10.8. The van der Waals surface area contributed by atoms with Gasteiger partial charge in [0.15, 0.2) is 0 Å². The van der Waals surface area contributed by atoms with Gasteiger partial charge in [0.25, 0.3) is 0 Å². The zero-order valence-corrected chi connectivity index (χ0v) is 11.4. The van der Waals surface area contributed by atoms with Crippen LogP contribution in [0.4, 0.5) is 0 Å². The molecule has 0 heterocycles. The Hall–Kier alpha value is 0.00870. The third-order valence-corrected chi connectivity index (χ3v) is 6.54. The summed E-state index contributed by atoms with van der Waals surface area (Å²) in [6.45, 7) is 5.88. The minimum absolute atomic E-state index is 0.183. The fourth-order valence-electron chi connectivity index (χ4n) is 0.835. The SMILES string of the molecule is C=[C]([SnH2][CH2]CCC)C(=O)OC. The van der Waals surface area contributed by atoms with E-state index in [4.69, 9.17) is 0 Å². The molecule has 0 unspecified atom stereocenters. The molecular weight excluding hydrogens is 247 g/mol. The van der Waals surface area contributed by atoms with Crippen molar-refractivity contribution >= 4 is 27.1 Å². The topological polar surface area (TPSA) is 26.3 Å². The molecule has 3 heteroatoms. The summed E-state index contributed by atoms with van der Waals surface area (Å²) in [4.78, 5) is 10.8. The van der Waals surface area contributed by atoms with Crippen molar-refractivity contribution < 1.29 is 9.53 Å². The van der Waals surface area contributed by atoms with Gasteiger partial charge in [0.05, 0.1) is 0 Å². The summed E-state index contributed by atoms with van der Waals surface area (Å²) in [6, 6.07) is 0. The van der Waals surface area contributed by atoms with E-state index in [0.29, 0.717) is 0 Å². The zero-order valence-electron chi connectivity index (χ0n) is 7.35.